The van der Waals surface area contributed by atoms with Crippen LogP contribution in [0.1, 0.15) is 30.4 Å². The van der Waals surface area contributed by atoms with Gasteiger partial charge in [-0.1, -0.05) is 30.4 Å². The molecule has 3 fully saturated rings. The van der Waals surface area contributed by atoms with Gasteiger partial charge in [0.2, 0.25) is 11.8 Å². The molecule has 0 aliphatic carbocycles. The van der Waals surface area contributed by atoms with Crippen molar-refractivity contribution < 1.29 is 24.2 Å². The van der Waals surface area contributed by atoms with Gasteiger partial charge in [-0.15, -0.1) is 13.2 Å². The molecule has 8 heteroatoms. The van der Waals surface area contributed by atoms with Crippen molar-refractivity contribution >= 4 is 23.4 Å². The highest BCUT2D eigenvalue weighted by Gasteiger charge is 2.74. The van der Waals surface area contributed by atoms with E-state index < -0.39 is 29.6 Å². The predicted molar refractivity (Wildman–Crippen MR) is 137 cm³/mol. The number of nitrogens with zero attached hydrogens (tertiary/aromatic N) is 3. The summed E-state index contributed by atoms with van der Waals surface area (Å²) in [6, 6.07) is 4.98. The fraction of sp³-hybridized carbons (Fsp3) is 0.536. The minimum atomic E-state index is -1.07. The minimum absolute atomic E-state index is 0.108. The van der Waals surface area contributed by atoms with Crippen LogP contribution >= 0.6 is 0 Å². The van der Waals surface area contributed by atoms with Gasteiger partial charge in [0.1, 0.15) is 11.6 Å². The number of fused-ring (bicyclic) bond motifs is 1. The molecule has 3 aliphatic rings. The molecule has 0 aromatic heterocycles. The van der Waals surface area contributed by atoms with Crippen molar-refractivity contribution in [2.24, 2.45) is 11.8 Å². The first kappa shape index (κ1) is 26.1. The maximum Gasteiger partial charge on any atom is 0.253 e. The summed E-state index contributed by atoms with van der Waals surface area (Å²) in [5, 5.41) is 9.54. The molecule has 1 aromatic carbocycles. The van der Waals surface area contributed by atoms with Crippen LogP contribution in [0.2, 0.25) is 0 Å². The second kappa shape index (κ2) is 10.2. The van der Waals surface area contributed by atoms with Crippen LogP contribution in [0.4, 0.5) is 5.69 Å². The molecule has 1 spiro atoms. The Kier molecular flexibility index (Phi) is 7.38. The molecular formula is C28H37N3O5. The number of carbonyl (C=O) groups is 3. The van der Waals surface area contributed by atoms with Gasteiger partial charge in [-0.25, -0.2) is 0 Å². The van der Waals surface area contributed by atoms with Crippen LogP contribution in [0, 0.1) is 25.7 Å². The van der Waals surface area contributed by atoms with Crippen LogP contribution in [0.5, 0.6) is 0 Å². The lowest BCUT2D eigenvalue weighted by Gasteiger charge is -2.37. The van der Waals surface area contributed by atoms with E-state index in [2.05, 4.69) is 13.2 Å². The van der Waals surface area contributed by atoms with Crippen LogP contribution < -0.4 is 4.90 Å². The number of aryl methyl sites for hydroxylation is 2. The van der Waals surface area contributed by atoms with E-state index in [1.165, 1.54) is 0 Å². The Morgan fingerprint density at radius 3 is 2.47 bits per heavy atom. The van der Waals surface area contributed by atoms with E-state index in [9.17, 15) is 19.5 Å². The molecule has 4 rings (SSSR count). The zero-order valence-corrected chi connectivity index (χ0v) is 21.5. The SMILES string of the molecule is C=CCN(C)C(=O)[C@@H]1[C@@H]2CCC3(O2)C(C(=O)N(CC=C)c2c(C)cccc2C)N(CCCO)C(=O)[C@H]13. The molecule has 5 atom stereocenters. The smallest absolute Gasteiger partial charge is 0.253 e. The van der Waals surface area contributed by atoms with Crippen molar-refractivity contribution in [2.75, 3.05) is 38.2 Å². The Balaban J connectivity index is 1.79. The lowest BCUT2D eigenvalue weighted by atomic mass is 9.70. The first-order chi connectivity index (χ1) is 17.2. The summed E-state index contributed by atoms with van der Waals surface area (Å²) in [4.78, 5) is 46.6. The third-order valence-electron chi connectivity index (χ3n) is 7.94. The maximum absolute atomic E-state index is 14.4. The number of benzene rings is 1. The highest BCUT2D eigenvalue weighted by molar-refractivity contribution is 6.05. The summed E-state index contributed by atoms with van der Waals surface area (Å²) in [5.74, 6) is -2.01. The first-order valence-electron chi connectivity index (χ1n) is 12.7. The monoisotopic (exact) mass is 495 g/mol. The molecule has 8 nitrogen and oxygen atoms in total. The molecule has 3 amide bonds. The summed E-state index contributed by atoms with van der Waals surface area (Å²) in [7, 11) is 1.70. The molecule has 36 heavy (non-hydrogen) atoms. The number of likely N-dealkylation sites (tertiary alicyclic amines) is 1. The fourth-order valence-corrected chi connectivity index (χ4v) is 6.53. The van der Waals surface area contributed by atoms with Crippen molar-refractivity contribution in [2.45, 2.75) is 50.9 Å². The number of carbonyl (C=O) groups excluding carboxylic acids is 3. The second-order valence-corrected chi connectivity index (χ2v) is 10.2. The van der Waals surface area contributed by atoms with Crippen LogP contribution in [-0.2, 0) is 19.1 Å². The normalized spacial score (nSPS) is 28.2. The third kappa shape index (κ3) is 3.96. The second-order valence-electron chi connectivity index (χ2n) is 10.2. The summed E-state index contributed by atoms with van der Waals surface area (Å²) < 4.78 is 6.51. The van der Waals surface area contributed by atoms with E-state index in [-0.39, 0.29) is 37.4 Å². The number of likely N-dealkylation sites (N-methyl/N-ethyl adjacent to an activating group) is 1. The molecule has 2 unspecified atom stereocenters. The zero-order chi connectivity index (χ0) is 26.2. The molecule has 0 saturated carbocycles. The van der Waals surface area contributed by atoms with Crippen molar-refractivity contribution in [3.05, 3.63) is 54.6 Å². The molecule has 3 heterocycles. The summed E-state index contributed by atoms with van der Waals surface area (Å²) in [6.07, 6.45) is 4.41. The van der Waals surface area contributed by atoms with Crippen LogP contribution in [0.25, 0.3) is 0 Å². The quantitative estimate of drug-likeness (QED) is 0.503. The number of amides is 3. The summed E-state index contributed by atoms with van der Waals surface area (Å²) in [5.41, 5.74) is 1.62. The topological polar surface area (TPSA) is 90.4 Å². The van der Waals surface area contributed by atoms with Gasteiger partial charge in [0.15, 0.2) is 0 Å². The summed E-state index contributed by atoms with van der Waals surface area (Å²) >= 11 is 0. The van der Waals surface area contributed by atoms with Crippen LogP contribution in [0.15, 0.2) is 43.5 Å². The molecule has 0 radical (unpaired) electrons. The lowest BCUT2D eigenvalue weighted by Crippen LogP contribution is -2.57. The van der Waals surface area contributed by atoms with E-state index in [0.717, 1.165) is 16.8 Å². The van der Waals surface area contributed by atoms with Gasteiger partial charge in [-0.3, -0.25) is 14.4 Å². The molecule has 1 N–H and O–H groups in total. The average Bonchev–Trinajstić information content (AvgIpc) is 3.48. The van der Waals surface area contributed by atoms with E-state index in [0.29, 0.717) is 25.8 Å². The van der Waals surface area contributed by atoms with Gasteiger partial charge >= 0.3 is 0 Å². The summed E-state index contributed by atoms with van der Waals surface area (Å²) in [6.45, 7) is 12.2. The van der Waals surface area contributed by atoms with Crippen molar-refractivity contribution in [1.29, 1.82) is 0 Å². The zero-order valence-electron chi connectivity index (χ0n) is 21.5. The number of ether oxygens (including phenoxy) is 1. The Morgan fingerprint density at radius 1 is 1.19 bits per heavy atom. The Hall–Kier alpha value is -2.97. The van der Waals surface area contributed by atoms with Gasteiger partial charge in [-0.05, 0) is 44.2 Å². The van der Waals surface area contributed by atoms with E-state index >= 15 is 0 Å². The molecular weight excluding hydrogens is 458 g/mol. The van der Waals surface area contributed by atoms with Crippen molar-refractivity contribution in [3.8, 4) is 0 Å². The van der Waals surface area contributed by atoms with Crippen LogP contribution in [0.3, 0.4) is 0 Å². The number of rotatable bonds is 10. The van der Waals surface area contributed by atoms with Crippen LogP contribution in [-0.4, -0.2) is 83.7 Å². The average molecular weight is 496 g/mol. The number of aliphatic hydroxyl groups is 1. The third-order valence-corrected chi connectivity index (χ3v) is 7.94. The van der Waals surface area contributed by atoms with Gasteiger partial charge in [0.05, 0.1) is 17.9 Å². The number of hydrogen-bond donors (Lipinski definition) is 1. The standard InChI is InChI=1S/C28H37N3O5/c1-6-14-29(5)25(33)21-20-12-13-28(36-20)22(21)26(34)31(16-9-17-32)24(28)27(35)30(15-7-2)23-18(3)10-8-11-19(23)4/h6-8,10-11,20-22,24,32H,1-2,9,12-17H2,3-5H3/t20-,21+,22-,24?,28?/m0/s1. The largest absolute Gasteiger partial charge is 0.396 e. The number of aliphatic hydroxyl groups excluding tert-OH is 1. The van der Waals surface area contributed by atoms with Crippen molar-refractivity contribution in [3.63, 3.8) is 0 Å². The molecule has 194 valence electrons. The maximum atomic E-state index is 14.4. The first-order valence-corrected chi connectivity index (χ1v) is 12.7. The lowest BCUT2D eigenvalue weighted by molar-refractivity contribution is -0.144. The van der Waals surface area contributed by atoms with Gasteiger partial charge in [0.25, 0.3) is 5.91 Å². The highest BCUT2D eigenvalue weighted by Crippen LogP contribution is 2.59. The van der Waals surface area contributed by atoms with E-state index in [1.54, 1.807) is 33.9 Å². The number of para-hydroxylation sites is 1. The van der Waals surface area contributed by atoms with E-state index in [1.807, 2.05) is 32.0 Å². The Labute approximate surface area is 213 Å². The molecule has 3 aliphatic heterocycles. The van der Waals surface area contributed by atoms with Gasteiger partial charge in [-0.2, -0.15) is 0 Å². The highest BCUT2D eigenvalue weighted by atomic mass is 16.5. The molecule has 2 bridgehead atoms. The number of anilines is 1. The van der Waals surface area contributed by atoms with Gasteiger partial charge in [0, 0.05) is 39.0 Å². The van der Waals surface area contributed by atoms with Crippen molar-refractivity contribution in [1.82, 2.24) is 9.80 Å². The molecule has 3 saturated heterocycles. The predicted octanol–water partition coefficient (Wildman–Crippen LogP) is 2.22. The number of hydrogen-bond acceptors (Lipinski definition) is 5. The Morgan fingerprint density at radius 2 is 1.86 bits per heavy atom. The Bertz CT molecular complexity index is 1050. The fourth-order valence-electron chi connectivity index (χ4n) is 6.53. The van der Waals surface area contributed by atoms with E-state index in [4.69, 9.17) is 4.74 Å². The van der Waals surface area contributed by atoms with Gasteiger partial charge < -0.3 is 24.5 Å². The molecule has 1 aromatic rings. The minimum Gasteiger partial charge on any atom is -0.396 e.